The van der Waals surface area contributed by atoms with E-state index >= 15 is 0 Å². The first kappa shape index (κ1) is 23.5. The number of thioether (sulfide) groups is 1. The van der Waals surface area contributed by atoms with E-state index < -0.39 is 6.03 Å². The molecule has 0 radical (unpaired) electrons. The number of urea groups is 1. The van der Waals surface area contributed by atoms with Gasteiger partial charge in [0.25, 0.3) is 0 Å². The highest BCUT2D eigenvalue weighted by Gasteiger charge is 2.19. The number of amides is 2. The number of benzene rings is 2. The molecule has 0 unspecified atom stereocenters. The van der Waals surface area contributed by atoms with Crippen LogP contribution in [0, 0.1) is 13.8 Å². The van der Waals surface area contributed by atoms with Gasteiger partial charge in [-0.05, 0) is 55.2 Å². The number of hydrogen-bond donors (Lipinski definition) is 3. The van der Waals surface area contributed by atoms with Gasteiger partial charge >= 0.3 is 6.03 Å². The fourth-order valence-corrected chi connectivity index (χ4v) is 4.04. The van der Waals surface area contributed by atoms with Crippen molar-refractivity contribution in [3.63, 3.8) is 0 Å². The van der Waals surface area contributed by atoms with Crippen LogP contribution in [-0.2, 0) is 5.75 Å². The van der Waals surface area contributed by atoms with E-state index in [2.05, 4.69) is 24.0 Å². The predicted octanol–water partition coefficient (Wildman–Crippen LogP) is 3.59. The van der Waals surface area contributed by atoms with Crippen molar-refractivity contribution in [3.05, 3.63) is 64.9 Å². The van der Waals surface area contributed by atoms with Crippen LogP contribution in [0.15, 0.2) is 52.5 Å². The summed E-state index contributed by atoms with van der Waals surface area (Å²) < 4.78 is 0. The summed E-state index contributed by atoms with van der Waals surface area (Å²) in [4.78, 5) is 17.6. The van der Waals surface area contributed by atoms with Crippen molar-refractivity contribution >= 4 is 35.3 Å². The smallest absolute Gasteiger partial charge is 0.352 e. The summed E-state index contributed by atoms with van der Waals surface area (Å²) in [6, 6.07) is 11.4. The van der Waals surface area contributed by atoms with Crippen LogP contribution >= 0.6 is 11.8 Å². The molecule has 2 rings (SSSR count). The molecular weight excluding hydrogens is 396 g/mol. The number of aliphatic imine (C=N–C) groups is 1. The summed E-state index contributed by atoms with van der Waals surface area (Å²) in [5.74, 6) is 12.3. The fraction of sp³-hybridized carbons (Fsp3) is 0.273. The molecule has 30 heavy (non-hydrogen) atoms. The molecular formula is C22H30N6OS. The monoisotopic (exact) mass is 426 g/mol. The number of aryl methyl sites for hydroxylation is 2. The molecule has 0 saturated heterocycles. The molecule has 0 saturated carbocycles. The topological polar surface area (TPSA) is 114 Å². The van der Waals surface area contributed by atoms with Gasteiger partial charge in [0.2, 0.25) is 0 Å². The van der Waals surface area contributed by atoms with Crippen molar-refractivity contribution in [2.24, 2.45) is 22.4 Å². The Kier molecular flexibility index (Phi) is 8.46. The number of allylic oxidation sites excluding steroid dienone is 1. The number of nitrogens with two attached hydrogens (primary N) is 3. The van der Waals surface area contributed by atoms with Gasteiger partial charge in [0.15, 0.2) is 0 Å². The second kappa shape index (κ2) is 10.8. The fourth-order valence-electron chi connectivity index (χ4n) is 2.92. The second-order valence-electron chi connectivity index (χ2n) is 6.85. The van der Waals surface area contributed by atoms with Crippen molar-refractivity contribution in [2.75, 3.05) is 18.6 Å². The van der Waals surface area contributed by atoms with Crippen LogP contribution in [-0.4, -0.2) is 30.8 Å². The van der Waals surface area contributed by atoms with Gasteiger partial charge in [-0.2, -0.15) is 0 Å². The zero-order chi connectivity index (χ0) is 22.3. The molecule has 0 heterocycles. The van der Waals surface area contributed by atoms with E-state index in [0.29, 0.717) is 18.0 Å². The Morgan fingerprint density at radius 1 is 1.17 bits per heavy atom. The molecule has 0 spiro atoms. The third-order valence-electron chi connectivity index (χ3n) is 4.63. The van der Waals surface area contributed by atoms with Crippen molar-refractivity contribution in [1.29, 1.82) is 0 Å². The molecule has 0 aromatic heterocycles. The van der Waals surface area contributed by atoms with E-state index in [0.717, 1.165) is 42.7 Å². The molecule has 8 heteroatoms. The van der Waals surface area contributed by atoms with E-state index in [9.17, 15) is 4.79 Å². The van der Waals surface area contributed by atoms with Crippen molar-refractivity contribution in [2.45, 2.75) is 31.4 Å². The molecule has 2 aromatic carbocycles. The Hall–Kier alpha value is -2.81. The number of carbonyl (C=O) groups is 1. The van der Waals surface area contributed by atoms with Gasteiger partial charge in [-0.15, -0.1) is 11.8 Å². The largest absolute Gasteiger partial charge is 0.404 e. The van der Waals surface area contributed by atoms with Crippen LogP contribution < -0.4 is 22.4 Å². The summed E-state index contributed by atoms with van der Waals surface area (Å²) >= 11 is 1.69. The van der Waals surface area contributed by atoms with Gasteiger partial charge in [-0.25, -0.2) is 21.5 Å². The first-order valence-electron chi connectivity index (χ1n) is 9.61. The summed E-state index contributed by atoms with van der Waals surface area (Å²) in [5, 5.41) is 2.05. The molecule has 160 valence electrons. The van der Waals surface area contributed by atoms with Crippen LogP contribution in [0.2, 0.25) is 0 Å². The Labute approximate surface area is 182 Å². The highest BCUT2D eigenvalue weighted by atomic mass is 32.2. The minimum atomic E-state index is -0.484. The van der Waals surface area contributed by atoms with Crippen molar-refractivity contribution < 1.29 is 4.79 Å². The lowest BCUT2D eigenvalue weighted by Gasteiger charge is -2.24. The second-order valence-corrected chi connectivity index (χ2v) is 7.87. The maximum Gasteiger partial charge on any atom is 0.352 e. The first-order valence-corrected chi connectivity index (χ1v) is 10.6. The Bertz CT molecular complexity index is 955. The SMILES string of the molecule is CCN=CC(=CN)c1ccc(SCc2c(C)cccc2N(N)C(=O)N(C)N)c(C)c1. The van der Waals surface area contributed by atoms with E-state index in [1.54, 1.807) is 24.2 Å². The minimum Gasteiger partial charge on any atom is -0.404 e. The summed E-state index contributed by atoms with van der Waals surface area (Å²) in [6.07, 6.45) is 3.37. The number of rotatable bonds is 7. The van der Waals surface area contributed by atoms with Gasteiger partial charge in [-0.1, -0.05) is 24.3 Å². The standard InChI is InChI=1S/C22H30N6OS/c1-5-26-13-18(12-23)17-9-10-21(16(3)11-17)30-14-19-15(2)7-6-8-20(19)28(25)22(29)27(4)24/h6-13H,5,14,23-25H2,1-4H3. The van der Waals surface area contributed by atoms with Crippen LogP contribution in [0.3, 0.4) is 0 Å². The van der Waals surface area contributed by atoms with Crippen LogP contribution in [0.4, 0.5) is 10.5 Å². The zero-order valence-electron chi connectivity index (χ0n) is 17.9. The Balaban J connectivity index is 2.26. The molecule has 0 aliphatic carbocycles. The number of nitrogens with zero attached hydrogens (tertiary/aromatic N) is 3. The quantitative estimate of drug-likeness (QED) is 0.206. The Morgan fingerprint density at radius 3 is 2.50 bits per heavy atom. The predicted molar refractivity (Wildman–Crippen MR) is 127 cm³/mol. The molecule has 0 atom stereocenters. The number of carbonyl (C=O) groups excluding carboxylic acids is 1. The maximum absolute atomic E-state index is 12.2. The lowest BCUT2D eigenvalue weighted by Crippen LogP contribution is -2.49. The van der Waals surface area contributed by atoms with E-state index in [1.807, 2.05) is 38.1 Å². The zero-order valence-corrected chi connectivity index (χ0v) is 18.7. The summed E-state index contributed by atoms with van der Waals surface area (Å²) in [5.41, 5.74) is 11.5. The lowest BCUT2D eigenvalue weighted by molar-refractivity contribution is 0.216. The van der Waals surface area contributed by atoms with E-state index in [-0.39, 0.29) is 0 Å². The third kappa shape index (κ3) is 5.63. The van der Waals surface area contributed by atoms with Gasteiger partial charge in [-0.3, -0.25) is 10.0 Å². The lowest BCUT2D eigenvalue weighted by atomic mass is 10.1. The minimum absolute atomic E-state index is 0.484. The van der Waals surface area contributed by atoms with E-state index in [4.69, 9.17) is 17.4 Å². The summed E-state index contributed by atoms with van der Waals surface area (Å²) in [6.45, 7) is 6.77. The first-order chi connectivity index (χ1) is 14.3. The average molecular weight is 427 g/mol. The molecule has 0 bridgehead atoms. The van der Waals surface area contributed by atoms with Crippen LogP contribution in [0.1, 0.15) is 29.2 Å². The highest BCUT2D eigenvalue weighted by Crippen LogP contribution is 2.33. The molecule has 0 aliphatic heterocycles. The number of hydrazine groups is 2. The van der Waals surface area contributed by atoms with Crippen LogP contribution in [0.25, 0.3) is 5.57 Å². The number of anilines is 1. The summed E-state index contributed by atoms with van der Waals surface area (Å²) in [7, 11) is 1.46. The maximum atomic E-state index is 12.2. The van der Waals surface area contributed by atoms with Crippen molar-refractivity contribution in [1.82, 2.24) is 5.01 Å². The van der Waals surface area contributed by atoms with Crippen LogP contribution in [0.5, 0.6) is 0 Å². The molecule has 6 N–H and O–H groups in total. The van der Waals surface area contributed by atoms with Gasteiger partial charge < -0.3 is 5.73 Å². The van der Waals surface area contributed by atoms with Gasteiger partial charge in [0.1, 0.15) is 0 Å². The normalized spacial score (nSPS) is 11.7. The molecule has 0 aliphatic rings. The molecule has 2 amide bonds. The molecule has 0 fully saturated rings. The Morgan fingerprint density at radius 2 is 1.90 bits per heavy atom. The highest BCUT2D eigenvalue weighted by molar-refractivity contribution is 7.98. The third-order valence-corrected chi connectivity index (χ3v) is 5.83. The molecule has 7 nitrogen and oxygen atoms in total. The number of hydrogen-bond acceptors (Lipinski definition) is 6. The van der Waals surface area contributed by atoms with Gasteiger partial charge in [0, 0.05) is 42.2 Å². The average Bonchev–Trinajstić information content (AvgIpc) is 2.73. The van der Waals surface area contributed by atoms with Gasteiger partial charge in [0.05, 0.1) is 5.69 Å². The molecule has 2 aromatic rings. The van der Waals surface area contributed by atoms with Crippen molar-refractivity contribution in [3.8, 4) is 0 Å². The van der Waals surface area contributed by atoms with E-state index in [1.165, 1.54) is 7.05 Å².